The number of H-pyrrole nitrogens is 1. The van der Waals surface area contributed by atoms with Crippen molar-refractivity contribution in [2.45, 2.75) is 85.0 Å². The summed E-state index contributed by atoms with van der Waals surface area (Å²) in [5.74, 6) is -7.86. The maximum atomic E-state index is 13.4. The average molecular weight is 1760 g/mol. The highest BCUT2D eigenvalue weighted by Gasteiger charge is 2.40. The number of esters is 3. The minimum atomic E-state index is -4.97. The monoisotopic (exact) mass is 1760 g/mol. The van der Waals surface area contributed by atoms with Gasteiger partial charge in [-0.25, -0.2) is 39.1 Å². The number of phenols is 1. The molecule has 117 heavy (non-hydrogen) atoms. The molecule has 6 heterocycles. The summed E-state index contributed by atoms with van der Waals surface area (Å²) in [5.41, 5.74) is -11.3. The molecule has 0 spiro atoms. The number of aryl methyl sites for hydroxylation is 1. The van der Waals surface area contributed by atoms with Gasteiger partial charge in [0.2, 0.25) is 0 Å². The molecule has 0 aliphatic rings. The molecule has 0 radical (unpaired) electrons. The number of phenolic OH excluding ortho intramolecular Hbond substituents is 1. The van der Waals surface area contributed by atoms with Crippen molar-refractivity contribution in [3.8, 4) is 23.0 Å². The highest BCUT2D eigenvalue weighted by atomic mass is 35.5. The smallest absolute Gasteiger partial charge is 0.418 e. The lowest BCUT2D eigenvalue weighted by atomic mass is 10.0. The van der Waals surface area contributed by atoms with Gasteiger partial charge >= 0.3 is 74.6 Å². The van der Waals surface area contributed by atoms with E-state index in [0.29, 0.717) is 35.5 Å². The summed E-state index contributed by atoms with van der Waals surface area (Å²) in [4.78, 5) is 90.8. The number of hydrogen-bond donors (Lipinski definition) is 4. The lowest BCUT2D eigenvalue weighted by Gasteiger charge is -2.15. The van der Waals surface area contributed by atoms with Crippen molar-refractivity contribution in [3.63, 3.8) is 0 Å². The molecule has 46 heteroatoms. The van der Waals surface area contributed by atoms with E-state index in [-0.39, 0.29) is 90.5 Å². The Balaban J connectivity index is 0.000000203. The van der Waals surface area contributed by atoms with E-state index in [0.717, 1.165) is 60.7 Å². The number of carboxylic acid groups (broad SMARTS) is 1. The van der Waals surface area contributed by atoms with Gasteiger partial charge in [0.15, 0.2) is 16.8 Å². The van der Waals surface area contributed by atoms with E-state index < -0.39 is 176 Å². The summed E-state index contributed by atoms with van der Waals surface area (Å²) in [6.07, 6.45) is -22.7. The van der Waals surface area contributed by atoms with Crippen LogP contribution in [0.1, 0.15) is 112 Å². The van der Waals surface area contributed by atoms with Crippen LogP contribution in [0.5, 0.6) is 23.0 Å². The van der Waals surface area contributed by atoms with E-state index in [1.54, 1.807) is 32.0 Å². The number of nitrogens with one attached hydrogen (secondary N) is 2. The Kier molecular flexibility index (Phi) is 30.0. The van der Waals surface area contributed by atoms with E-state index in [9.17, 15) is 126 Å². The molecule has 6 aromatic heterocycles. The van der Waals surface area contributed by atoms with Crippen molar-refractivity contribution in [2.24, 2.45) is 0 Å². The SMILES string of the molecule is CCOC(=O)c1cc(=O)c2cc(C)cc(C(F)(F)F)c2[nH]1.CCOC(=O)c1cc(Cl)c2cc(O)cc(C(F)(F)F)c2n1.CCOC(=O)c1cc(Cl)c2cc(OC(F)F)cc(C(F)(F)F)c2n1.O=C(NCc1ccccn1)c1cc(Cl)c2cc(OC(F)F)cc(C(F)(F)F)c2n1.O=C(O)c1cc(Cl)c2cc(OC(F)F)cc(C(F)(F)F)c2n1. The molecule has 0 aliphatic carbocycles. The number of benzene rings is 5. The molecule has 0 saturated carbocycles. The maximum absolute atomic E-state index is 13.4. The van der Waals surface area contributed by atoms with Crippen LogP contribution in [0.25, 0.3) is 54.5 Å². The van der Waals surface area contributed by atoms with Crippen LogP contribution in [-0.2, 0) is 51.6 Å². The van der Waals surface area contributed by atoms with E-state index in [1.165, 1.54) is 26.1 Å². The molecule has 0 aliphatic heterocycles. The second kappa shape index (κ2) is 38.0. The minimum Gasteiger partial charge on any atom is -0.508 e. The summed E-state index contributed by atoms with van der Waals surface area (Å²) in [6, 6.07) is 17.5. The van der Waals surface area contributed by atoms with Gasteiger partial charge in [-0.3, -0.25) is 14.6 Å². The van der Waals surface area contributed by atoms with Crippen molar-refractivity contribution in [1.82, 2.24) is 35.2 Å². The number of rotatable bonds is 16. The Morgan fingerprint density at radius 3 is 1.18 bits per heavy atom. The number of nitrogens with zero attached hydrogens (tertiary/aromatic N) is 5. The first-order valence-corrected chi connectivity index (χ1v) is 33.4. The summed E-state index contributed by atoms with van der Waals surface area (Å²) in [7, 11) is 0. The van der Waals surface area contributed by atoms with Crippen LogP contribution in [0.2, 0.25) is 20.1 Å². The fourth-order valence-electron chi connectivity index (χ4n) is 10.1. The predicted octanol–water partition coefficient (Wildman–Crippen LogP) is 20.5. The minimum absolute atomic E-state index is 0.0105. The first-order valence-electron chi connectivity index (χ1n) is 31.9. The number of aromatic carboxylic acids is 1. The molecule has 4 N–H and O–H groups in total. The molecule has 0 saturated heterocycles. The van der Waals surface area contributed by atoms with Crippen LogP contribution >= 0.6 is 46.4 Å². The molecule has 5 aromatic carbocycles. The molecule has 11 rings (SSSR count). The van der Waals surface area contributed by atoms with Gasteiger partial charge < -0.3 is 48.9 Å². The number of alkyl halides is 21. The zero-order valence-electron chi connectivity index (χ0n) is 58.5. The predicted molar refractivity (Wildman–Crippen MR) is 373 cm³/mol. The fourth-order valence-corrected chi connectivity index (χ4v) is 11.1. The molecule has 0 bridgehead atoms. The standard InChI is InChI=1S/C18H11ClF5N3O2.C14H9ClF5NO3.C14H12F3NO3.C13H9ClF3NO3.C12H5ClF5NO3/c19-13-7-14(16(28)26-8-9-3-1-2-4-25-9)27-15-11(13)5-10(29-17(20)21)6-12(15)18(22,23)24;1-2-23-12(22)10-5-9(15)7-3-6(24-13(16)17)4-8(11(7)21-10)14(18,19)20;1-3-21-13(20)10-6-11(19)8-4-7(2)5-9(12(8)18-10)14(15,16)17;1-2-21-12(20)10-5-9(14)7-3-6(19)4-8(11(7)18-10)13(15,16)17;13-7-3-8(10(20)21)19-9-5(7)1-4(22-11(14)15)2-6(9)12(16,17)18/h1-7,17H,8H2,(H,26,28);3-5,13H,2H2,1H3;4-6H,3H2,1-2H3,(H,18,19);3-5,19H,2H2,1H3;1-3,11H,(H,20,21). The second-order valence-electron chi connectivity index (χ2n) is 22.8. The molecular weight excluding hydrogens is 1720 g/mol. The number of carboxylic acids is 1. The molecule has 21 nitrogen and oxygen atoms in total. The zero-order chi connectivity index (χ0) is 87.5. The Morgan fingerprint density at radius 1 is 0.453 bits per heavy atom. The third kappa shape index (κ3) is 24.2. The Morgan fingerprint density at radius 2 is 0.812 bits per heavy atom. The maximum Gasteiger partial charge on any atom is 0.418 e. The third-order valence-corrected chi connectivity index (χ3v) is 16.0. The Labute approximate surface area is 659 Å². The molecule has 624 valence electrons. The number of aromatic nitrogens is 6. The number of ether oxygens (including phenoxy) is 6. The van der Waals surface area contributed by atoms with E-state index in [1.807, 2.05) is 0 Å². The van der Waals surface area contributed by atoms with Gasteiger partial charge in [0.1, 0.15) is 40.1 Å². The van der Waals surface area contributed by atoms with Gasteiger partial charge in [0.25, 0.3) is 5.91 Å². The number of hydrogen-bond acceptors (Lipinski definition) is 18. The number of amides is 1. The Hall–Kier alpha value is -11.7. The van der Waals surface area contributed by atoms with Crippen LogP contribution < -0.4 is 25.0 Å². The Bertz CT molecular complexity index is 5630. The van der Waals surface area contributed by atoms with Crippen LogP contribution in [0.3, 0.4) is 0 Å². The normalized spacial score (nSPS) is 11.8. The number of carbonyl (C=O) groups excluding carboxylic acids is 4. The number of aromatic amines is 1. The van der Waals surface area contributed by atoms with Gasteiger partial charge in [-0.15, -0.1) is 0 Å². The lowest BCUT2D eigenvalue weighted by molar-refractivity contribution is -0.137. The number of carbonyl (C=O) groups is 5. The van der Waals surface area contributed by atoms with Gasteiger partial charge in [-0.2, -0.15) is 92.2 Å². The molecule has 0 fully saturated rings. The van der Waals surface area contributed by atoms with Gasteiger partial charge in [-0.05, 0) is 130 Å². The highest BCUT2D eigenvalue weighted by Crippen LogP contribution is 2.45. The van der Waals surface area contributed by atoms with Gasteiger partial charge in [-0.1, -0.05) is 52.5 Å². The first kappa shape index (κ1) is 92.5. The van der Waals surface area contributed by atoms with Crippen molar-refractivity contribution in [3.05, 3.63) is 213 Å². The van der Waals surface area contributed by atoms with Crippen LogP contribution in [0.4, 0.5) is 92.2 Å². The first-order chi connectivity index (χ1) is 54.3. The largest absolute Gasteiger partial charge is 0.508 e. The number of aromatic hydroxyl groups is 1. The molecule has 11 aromatic rings. The van der Waals surface area contributed by atoms with Crippen molar-refractivity contribution < 1.29 is 155 Å². The number of halogens is 25. The topological polar surface area (TPSA) is 291 Å². The second-order valence-corrected chi connectivity index (χ2v) is 24.5. The molecule has 0 atom stereocenters. The van der Waals surface area contributed by atoms with E-state index >= 15 is 0 Å². The van der Waals surface area contributed by atoms with Crippen LogP contribution in [0, 0.1) is 6.92 Å². The van der Waals surface area contributed by atoms with Crippen LogP contribution in [-0.4, -0.2) is 110 Å². The molecule has 0 unspecified atom stereocenters. The van der Waals surface area contributed by atoms with Gasteiger partial charge in [0, 0.05) is 39.2 Å². The number of pyridine rings is 6. The molecule has 1 amide bonds. The zero-order valence-corrected chi connectivity index (χ0v) is 61.5. The summed E-state index contributed by atoms with van der Waals surface area (Å²) in [5, 5.41) is 18.5. The summed E-state index contributed by atoms with van der Waals surface area (Å²) < 4.78 is 297. The van der Waals surface area contributed by atoms with E-state index in [2.05, 4.69) is 54.2 Å². The van der Waals surface area contributed by atoms with E-state index in [4.69, 9.17) is 61.0 Å². The quantitative estimate of drug-likeness (QED) is 0.0397. The summed E-state index contributed by atoms with van der Waals surface area (Å²) >= 11 is 23.5. The summed E-state index contributed by atoms with van der Waals surface area (Å²) in [6.45, 7) is -3.76. The lowest BCUT2D eigenvalue weighted by Crippen LogP contribution is -2.24. The average Bonchev–Trinajstić information content (AvgIpc) is 0.794. The fraction of sp³-hybridized carbons (Fsp3) is 0.225. The molecular formula is C71H46Cl4F21N7O14. The van der Waals surface area contributed by atoms with Gasteiger partial charge in [0.05, 0.1) is 108 Å². The van der Waals surface area contributed by atoms with Crippen molar-refractivity contribution in [1.29, 1.82) is 0 Å². The number of fused-ring (bicyclic) bond motifs is 5. The van der Waals surface area contributed by atoms with Crippen molar-refractivity contribution >= 4 is 131 Å². The highest BCUT2D eigenvalue weighted by molar-refractivity contribution is 6.37. The van der Waals surface area contributed by atoms with Crippen LogP contribution in [0.15, 0.2) is 120 Å². The van der Waals surface area contributed by atoms with Crippen molar-refractivity contribution in [2.75, 3.05) is 19.8 Å². The third-order valence-electron chi connectivity index (χ3n) is 14.7.